The Bertz CT molecular complexity index is 448. The van der Waals surface area contributed by atoms with Crippen LogP contribution in [-0.2, 0) is 9.53 Å². The van der Waals surface area contributed by atoms with Crippen LogP contribution >= 0.6 is 15.9 Å². The van der Waals surface area contributed by atoms with Crippen molar-refractivity contribution in [2.75, 3.05) is 11.9 Å². The molecule has 1 unspecified atom stereocenters. The lowest BCUT2D eigenvalue weighted by molar-refractivity contribution is -0.148. The molecule has 19 heavy (non-hydrogen) atoms. The fourth-order valence-electron chi connectivity index (χ4n) is 1.78. The third-order valence-electron chi connectivity index (χ3n) is 2.82. The van der Waals surface area contributed by atoms with Gasteiger partial charge in [-0.05, 0) is 44.9 Å². The van der Waals surface area contributed by atoms with E-state index in [9.17, 15) is 4.79 Å². The van der Waals surface area contributed by atoms with Crippen molar-refractivity contribution in [1.82, 2.24) is 0 Å². The summed E-state index contributed by atoms with van der Waals surface area (Å²) in [6, 6.07) is 7.73. The molecule has 0 heterocycles. The lowest BCUT2D eigenvalue weighted by Crippen LogP contribution is -2.44. The molecule has 0 fully saturated rings. The first-order chi connectivity index (χ1) is 9.01. The molecule has 104 valence electrons. The topological polar surface area (TPSA) is 38.3 Å². The zero-order chi connectivity index (χ0) is 14.3. The molecule has 0 radical (unpaired) electrons. The largest absolute Gasteiger partial charge is 0.464 e. The molecule has 0 bridgehead atoms. The number of carbonyl (C=O) groups is 1. The average Bonchev–Trinajstić information content (AvgIpc) is 2.36. The lowest BCUT2D eigenvalue weighted by Gasteiger charge is -2.29. The van der Waals surface area contributed by atoms with E-state index in [0.29, 0.717) is 13.0 Å². The van der Waals surface area contributed by atoms with Crippen molar-refractivity contribution < 1.29 is 9.53 Å². The Labute approximate surface area is 123 Å². The van der Waals surface area contributed by atoms with E-state index in [4.69, 9.17) is 4.74 Å². The molecule has 0 saturated carbocycles. The highest BCUT2D eigenvalue weighted by Crippen LogP contribution is 2.24. The fourth-order valence-corrected chi connectivity index (χ4v) is 2.18. The zero-order valence-electron chi connectivity index (χ0n) is 11.4. The number of rotatable bonds is 7. The van der Waals surface area contributed by atoms with E-state index in [1.165, 1.54) is 0 Å². The second-order valence-corrected chi connectivity index (χ2v) is 5.43. The Morgan fingerprint density at radius 2 is 2.32 bits per heavy atom. The number of esters is 1. The summed E-state index contributed by atoms with van der Waals surface area (Å²) < 4.78 is 6.12. The highest BCUT2D eigenvalue weighted by Gasteiger charge is 2.33. The van der Waals surface area contributed by atoms with Gasteiger partial charge >= 0.3 is 5.97 Å². The van der Waals surface area contributed by atoms with Crippen molar-refractivity contribution in [1.29, 1.82) is 0 Å². The van der Waals surface area contributed by atoms with Gasteiger partial charge in [-0.3, -0.25) is 0 Å². The number of allylic oxidation sites excluding steroid dienone is 1. The predicted octanol–water partition coefficient (Wildman–Crippen LogP) is 4.15. The second-order valence-electron chi connectivity index (χ2n) is 4.52. The van der Waals surface area contributed by atoms with E-state index < -0.39 is 5.54 Å². The van der Waals surface area contributed by atoms with Gasteiger partial charge in [0.15, 0.2) is 0 Å². The molecule has 0 amide bonds. The third-order valence-corrected chi connectivity index (χ3v) is 3.31. The van der Waals surface area contributed by atoms with Crippen LogP contribution in [0, 0.1) is 0 Å². The number of nitrogens with one attached hydrogen (secondary N) is 1. The molecular formula is C15H20BrNO2. The van der Waals surface area contributed by atoms with Crippen LogP contribution < -0.4 is 5.32 Å². The van der Waals surface area contributed by atoms with Gasteiger partial charge in [0, 0.05) is 10.2 Å². The van der Waals surface area contributed by atoms with Crippen LogP contribution in [0.3, 0.4) is 0 Å². The van der Waals surface area contributed by atoms with Gasteiger partial charge in [-0.25, -0.2) is 4.79 Å². The molecule has 3 nitrogen and oxygen atoms in total. The molecule has 1 aromatic carbocycles. The number of anilines is 1. The maximum absolute atomic E-state index is 12.1. The highest BCUT2D eigenvalue weighted by atomic mass is 79.9. The summed E-state index contributed by atoms with van der Waals surface area (Å²) in [7, 11) is 0. The molecule has 0 saturated heterocycles. The Balaban J connectivity index is 2.90. The second kappa shape index (κ2) is 7.34. The first-order valence-electron chi connectivity index (χ1n) is 6.33. The van der Waals surface area contributed by atoms with Gasteiger partial charge in [0.2, 0.25) is 0 Å². The van der Waals surface area contributed by atoms with Gasteiger partial charge in [-0.1, -0.05) is 28.1 Å². The molecule has 0 spiro atoms. The number of benzene rings is 1. The van der Waals surface area contributed by atoms with Crippen LogP contribution in [-0.4, -0.2) is 18.1 Å². The van der Waals surface area contributed by atoms with Crippen LogP contribution in [0.4, 0.5) is 5.69 Å². The fraction of sp³-hybridized carbons (Fsp3) is 0.400. The van der Waals surface area contributed by atoms with Gasteiger partial charge in [0.05, 0.1) is 6.61 Å². The molecular weight excluding hydrogens is 306 g/mol. The molecule has 1 atom stereocenters. The monoisotopic (exact) mass is 325 g/mol. The van der Waals surface area contributed by atoms with E-state index in [2.05, 4.69) is 27.8 Å². The van der Waals surface area contributed by atoms with E-state index in [1.54, 1.807) is 6.08 Å². The standard InChI is InChI=1S/C15H20BrNO2/c1-4-6-10-15(3,14(18)19-5-2)17-13-9-7-8-12(16)11-13/h4,7-9,11,17H,1,5-6,10H2,2-3H3. The molecule has 0 aliphatic heterocycles. The van der Waals surface area contributed by atoms with Crippen molar-refractivity contribution >= 4 is 27.6 Å². The first-order valence-corrected chi connectivity index (χ1v) is 7.13. The maximum atomic E-state index is 12.1. The van der Waals surface area contributed by atoms with Crippen LogP contribution in [0.15, 0.2) is 41.4 Å². The van der Waals surface area contributed by atoms with Gasteiger partial charge in [-0.2, -0.15) is 0 Å². The van der Waals surface area contributed by atoms with Crippen molar-refractivity contribution in [2.45, 2.75) is 32.2 Å². The smallest absolute Gasteiger partial charge is 0.331 e. The Hall–Kier alpha value is -1.29. The van der Waals surface area contributed by atoms with E-state index in [0.717, 1.165) is 16.6 Å². The van der Waals surface area contributed by atoms with Crippen LogP contribution in [0.25, 0.3) is 0 Å². The van der Waals surface area contributed by atoms with Crippen LogP contribution in [0.1, 0.15) is 26.7 Å². The minimum absolute atomic E-state index is 0.239. The van der Waals surface area contributed by atoms with Crippen molar-refractivity contribution in [3.8, 4) is 0 Å². The highest BCUT2D eigenvalue weighted by molar-refractivity contribution is 9.10. The van der Waals surface area contributed by atoms with Gasteiger partial charge in [0.1, 0.15) is 5.54 Å². The predicted molar refractivity (Wildman–Crippen MR) is 82.2 cm³/mol. The molecule has 0 aliphatic carbocycles. The van der Waals surface area contributed by atoms with Gasteiger partial charge < -0.3 is 10.1 Å². The number of carbonyl (C=O) groups excluding carboxylic acids is 1. The first kappa shape index (κ1) is 15.8. The summed E-state index contributed by atoms with van der Waals surface area (Å²) in [4.78, 5) is 12.1. The molecule has 4 heteroatoms. The minimum Gasteiger partial charge on any atom is -0.464 e. The quantitative estimate of drug-likeness (QED) is 0.604. The lowest BCUT2D eigenvalue weighted by atomic mass is 9.95. The number of ether oxygens (including phenoxy) is 1. The summed E-state index contributed by atoms with van der Waals surface area (Å²) in [5.41, 5.74) is 0.138. The van der Waals surface area contributed by atoms with Crippen molar-refractivity contribution in [3.05, 3.63) is 41.4 Å². The summed E-state index contributed by atoms with van der Waals surface area (Å²) in [6.07, 6.45) is 3.19. The van der Waals surface area contributed by atoms with Crippen molar-refractivity contribution in [2.24, 2.45) is 0 Å². The van der Waals surface area contributed by atoms with Crippen molar-refractivity contribution in [3.63, 3.8) is 0 Å². The third kappa shape index (κ3) is 4.71. The molecule has 0 aromatic heterocycles. The van der Waals surface area contributed by atoms with Gasteiger partial charge in [0.25, 0.3) is 0 Å². The van der Waals surface area contributed by atoms with E-state index in [1.807, 2.05) is 38.1 Å². The summed E-state index contributed by atoms with van der Waals surface area (Å²) in [5, 5.41) is 3.26. The number of halogens is 1. The molecule has 1 N–H and O–H groups in total. The summed E-state index contributed by atoms with van der Waals surface area (Å²) in [6.45, 7) is 7.75. The van der Waals surface area contributed by atoms with Crippen LogP contribution in [0.5, 0.6) is 0 Å². The maximum Gasteiger partial charge on any atom is 0.331 e. The summed E-state index contributed by atoms with van der Waals surface area (Å²) >= 11 is 3.42. The minimum atomic E-state index is -0.745. The molecule has 1 rings (SSSR count). The Kier molecular flexibility index (Phi) is 6.09. The number of hydrogen-bond acceptors (Lipinski definition) is 3. The molecule has 1 aromatic rings. The van der Waals surface area contributed by atoms with Gasteiger partial charge in [-0.15, -0.1) is 6.58 Å². The van der Waals surface area contributed by atoms with E-state index >= 15 is 0 Å². The summed E-state index contributed by atoms with van der Waals surface area (Å²) in [5.74, 6) is -0.239. The van der Waals surface area contributed by atoms with E-state index in [-0.39, 0.29) is 5.97 Å². The zero-order valence-corrected chi connectivity index (χ0v) is 13.0. The Morgan fingerprint density at radius 3 is 2.89 bits per heavy atom. The number of hydrogen-bond donors (Lipinski definition) is 1. The molecule has 0 aliphatic rings. The Morgan fingerprint density at radius 1 is 1.58 bits per heavy atom. The van der Waals surface area contributed by atoms with Crippen LogP contribution in [0.2, 0.25) is 0 Å². The average molecular weight is 326 g/mol. The normalized spacial score (nSPS) is 13.4. The SMILES string of the molecule is C=CCCC(C)(Nc1cccc(Br)c1)C(=O)OCC.